The lowest BCUT2D eigenvalue weighted by atomic mass is 9.69. The van der Waals surface area contributed by atoms with Gasteiger partial charge in [0, 0.05) is 17.0 Å². The summed E-state index contributed by atoms with van der Waals surface area (Å²) in [5, 5.41) is 3.62. The fraction of sp³-hybridized carbons (Fsp3) is 0.714. The minimum Gasteiger partial charge on any atom is -0.381 e. The zero-order chi connectivity index (χ0) is 11.4. The number of hydrogen-bond acceptors (Lipinski definition) is 1. The monoisotopic (exact) mass is 205 g/mol. The Bertz CT molecular complexity index is 333. The lowest BCUT2D eigenvalue weighted by Crippen LogP contribution is -2.40. The van der Waals surface area contributed by atoms with Gasteiger partial charge in [-0.25, -0.2) is 0 Å². The SMILES string of the molecule is CC(C)(C)C1=CC2C(C(C)(C)C)=CC2N1. The number of fused-ring (bicyclic) bond motifs is 1. The van der Waals surface area contributed by atoms with Gasteiger partial charge in [0.1, 0.15) is 0 Å². The number of hydrogen-bond donors (Lipinski definition) is 1. The van der Waals surface area contributed by atoms with Crippen LogP contribution in [0.5, 0.6) is 0 Å². The van der Waals surface area contributed by atoms with Gasteiger partial charge in [-0.05, 0) is 5.41 Å². The average Bonchev–Trinajstić information content (AvgIpc) is 2.24. The predicted octanol–water partition coefficient (Wildman–Crippen LogP) is 3.49. The molecule has 0 bridgehead atoms. The Labute approximate surface area is 93.6 Å². The van der Waals surface area contributed by atoms with E-state index >= 15 is 0 Å². The van der Waals surface area contributed by atoms with Crippen molar-refractivity contribution in [3.8, 4) is 0 Å². The lowest BCUT2D eigenvalue weighted by Gasteiger charge is -2.38. The first kappa shape index (κ1) is 10.8. The van der Waals surface area contributed by atoms with Gasteiger partial charge in [0.15, 0.2) is 0 Å². The molecule has 1 aliphatic heterocycles. The van der Waals surface area contributed by atoms with Crippen LogP contribution in [0.15, 0.2) is 23.4 Å². The smallest absolute Gasteiger partial charge is 0.0545 e. The normalized spacial score (nSPS) is 30.0. The molecule has 0 saturated heterocycles. The molecular weight excluding hydrogens is 182 g/mol. The Morgan fingerprint density at radius 3 is 2.00 bits per heavy atom. The Kier molecular flexibility index (Phi) is 2.09. The largest absolute Gasteiger partial charge is 0.381 e. The molecule has 0 fully saturated rings. The van der Waals surface area contributed by atoms with Crippen molar-refractivity contribution in [2.75, 3.05) is 0 Å². The highest BCUT2D eigenvalue weighted by Gasteiger charge is 2.42. The van der Waals surface area contributed by atoms with E-state index in [1.54, 1.807) is 5.57 Å². The molecule has 1 aliphatic carbocycles. The number of nitrogens with one attached hydrogen (secondary N) is 1. The summed E-state index contributed by atoms with van der Waals surface area (Å²) < 4.78 is 0. The molecule has 2 rings (SSSR count). The van der Waals surface area contributed by atoms with Crippen molar-refractivity contribution in [3.63, 3.8) is 0 Å². The third-order valence-corrected chi connectivity index (χ3v) is 3.45. The van der Waals surface area contributed by atoms with Crippen LogP contribution in [0.25, 0.3) is 0 Å². The molecule has 84 valence electrons. The Balaban J connectivity index is 2.18. The quantitative estimate of drug-likeness (QED) is 0.597. The van der Waals surface area contributed by atoms with Crippen molar-refractivity contribution >= 4 is 0 Å². The van der Waals surface area contributed by atoms with Gasteiger partial charge in [-0.3, -0.25) is 0 Å². The van der Waals surface area contributed by atoms with E-state index in [9.17, 15) is 0 Å². The molecule has 15 heavy (non-hydrogen) atoms. The Morgan fingerprint density at radius 2 is 1.53 bits per heavy atom. The molecule has 0 aromatic rings. The molecule has 1 N–H and O–H groups in total. The molecule has 0 aromatic heterocycles. The molecule has 1 heteroatoms. The van der Waals surface area contributed by atoms with Gasteiger partial charge in [-0.2, -0.15) is 0 Å². The first-order chi connectivity index (χ1) is 6.69. The van der Waals surface area contributed by atoms with E-state index in [4.69, 9.17) is 0 Å². The van der Waals surface area contributed by atoms with Crippen LogP contribution in [0.4, 0.5) is 0 Å². The van der Waals surface area contributed by atoms with Crippen LogP contribution in [-0.4, -0.2) is 6.04 Å². The van der Waals surface area contributed by atoms with Crippen molar-refractivity contribution < 1.29 is 0 Å². The highest BCUT2D eigenvalue weighted by molar-refractivity contribution is 5.41. The fourth-order valence-electron chi connectivity index (χ4n) is 2.43. The zero-order valence-corrected chi connectivity index (χ0v) is 10.8. The molecular formula is C14H23N. The lowest BCUT2D eigenvalue weighted by molar-refractivity contribution is 0.383. The standard InChI is InChI=1S/C14H23N/c1-13(2,3)10-8-11-9(10)7-12(15-11)14(4,5)6/h7-9,11,15H,1-6H3. The van der Waals surface area contributed by atoms with Gasteiger partial charge >= 0.3 is 0 Å². The van der Waals surface area contributed by atoms with Crippen LogP contribution >= 0.6 is 0 Å². The maximum atomic E-state index is 3.62. The second kappa shape index (κ2) is 2.90. The molecule has 0 saturated carbocycles. The first-order valence-corrected chi connectivity index (χ1v) is 5.90. The molecule has 2 aliphatic rings. The summed E-state index contributed by atoms with van der Waals surface area (Å²) in [5.41, 5.74) is 3.59. The summed E-state index contributed by atoms with van der Waals surface area (Å²) >= 11 is 0. The van der Waals surface area contributed by atoms with E-state index in [0.717, 1.165) is 0 Å². The van der Waals surface area contributed by atoms with E-state index in [0.29, 0.717) is 17.4 Å². The van der Waals surface area contributed by atoms with Crippen molar-refractivity contribution in [1.82, 2.24) is 5.32 Å². The summed E-state index contributed by atoms with van der Waals surface area (Å²) in [4.78, 5) is 0. The first-order valence-electron chi connectivity index (χ1n) is 5.90. The van der Waals surface area contributed by atoms with E-state index in [2.05, 4.69) is 59.0 Å². The number of allylic oxidation sites excluding steroid dienone is 1. The maximum absolute atomic E-state index is 3.62. The number of rotatable bonds is 0. The minimum atomic E-state index is 0.258. The fourth-order valence-corrected chi connectivity index (χ4v) is 2.43. The highest BCUT2D eigenvalue weighted by atomic mass is 15.0. The summed E-state index contributed by atoms with van der Waals surface area (Å²) in [6.07, 6.45) is 4.84. The van der Waals surface area contributed by atoms with Gasteiger partial charge in [0.25, 0.3) is 0 Å². The topological polar surface area (TPSA) is 12.0 Å². The third-order valence-electron chi connectivity index (χ3n) is 3.45. The zero-order valence-electron chi connectivity index (χ0n) is 10.8. The maximum Gasteiger partial charge on any atom is 0.0545 e. The molecule has 2 unspecified atom stereocenters. The van der Waals surface area contributed by atoms with Crippen molar-refractivity contribution in [1.29, 1.82) is 0 Å². The molecule has 0 spiro atoms. The van der Waals surface area contributed by atoms with Crippen LogP contribution in [0, 0.1) is 16.7 Å². The van der Waals surface area contributed by atoms with Crippen LogP contribution in [0.1, 0.15) is 41.5 Å². The molecule has 0 aromatic carbocycles. The summed E-state index contributed by atoms with van der Waals surface area (Å²) in [7, 11) is 0. The van der Waals surface area contributed by atoms with Gasteiger partial charge in [-0.15, -0.1) is 0 Å². The van der Waals surface area contributed by atoms with Gasteiger partial charge < -0.3 is 5.32 Å². The molecule has 2 atom stereocenters. The van der Waals surface area contributed by atoms with Crippen molar-refractivity contribution in [2.24, 2.45) is 16.7 Å². The van der Waals surface area contributed by atoms with Crippen LogP contribution < -0.4 is 5.32 Å². The van der Waals surface area contributed by atoms with E-state index in [1.165, 1.54) is 5.70 Å². The van der Waals surface area contributed by atoms with Gasteiger partial charge in [0.05, 0.1) is 6.04 Å². The van der Waals surface area contributed by atoms with Gasteiger partial charge in [-0.1, -0.05) is 59.3 Å². The van der Waals surface area contributed by atoms with Gasteiger partial charge in [0.2, 0.25) is 0 Å². The highest BCUT2D eigenvalue weighted by Crippen LogP contribution is 2.46. The third kappa shape index (κ3) is 1.73. The van der Waals surface area contributed by atoms with E-state index in [-0.39, 0.29) is 5.41 Å². The molecule has 0 amide bonds. The Morgan fingerprint density at radius 1 is 0.933 bits per heavy atom. The van der Waals surface area contributed by atoms with Crippen LogP contribution in [0.3, 0.4) is 0 Å². The van der Waals surface area contributed by atoms with Crippen molar-refractivity contribution in [2.45, 2.75) is 47.6 Å². The Hall–Kier alpha value is -0.720. The molecule has 1 heterocycles. The van der Waals surface area contributed by atoms with Crippen LogP contribution in [0.2, 0.25) is 0 Å². The summed E-state index contributed by atoms with van der Waals surface area (Å²) in [5.74, 6) is 0.652. The van der Waals surface area contributed by atoms with E-state index < -0.39 is 0 Å². The van der Waals surface area contributed by atoms with E-state index in [1.807, 2.05) is 0 Å². The summed E-state index contributed by atoms with van der Waals surface area (Å²) in [6.45, 7) is 13.7. The second-order valence-corrected chi connectivity index (χ2v) is 6.90. The van der Waals surface area contributed by atoms with Crippen molar-refractivity contribution in [3.05, 3.63) is 23.4 Å². The minimum absolute atomic E-state index is 0.258. The predicted molar refractivity (Wildman–Crippen MR) is 65.5 cm³/mol. The molecule has 1 nitrogen and oxygen atoms in total. The average molecular weight is 205 g/mol. The molecule has 0 radical (unpaired) electrons. The van der Waals surface area contributed by atoms with Crippen LogP contribution in [-0.2, 0) is 0 Å². The summed E-state index contributed by atoms with van der Waals surface area (Å²) in [6, 6.07) is 0.577. The second-order valence-electron chi connectivity index (χ2n) is 6.90.